The van der Waals surface area contributed by atoms with Gasteiger partial charge in [0.2, 0.25) is 0 Å². The van der Waals surface area contributed by atoms with Gasteiger partial charge in [0.05, 0.1) is 6.10 Å². The first-order chi connectivity index (χ1) is 10.1. The molecule has 1 nitrogen and oxygen atoms in total. The SMILES string of the molecule is CC[Si](CC)(CC)O[C@@H](C(C)C)[C@H]1C[C@@H]1c1ccccc1. The highest BCUT2D eigenvalue weighted by Gasteiger charge is 2.47. The van der Waals surface area contributed by atoms with Crippen molar-refractivity contribution in [3.05, 3.63) is 35.9 Å². The van der Waals surface area contributed by atoms with Crippen LogP contribution < -0.4 is 0 Å². The van der Waals surface area contributed by atoms with Crippen molar-refractivity contribution in [1.82, 2.24) is 0 Å². The lowest BCUT2D eigenvalue weighted by atomic mass is 9.99. The summed E-state index contributed by atoms with van der Waals surface area (Å²) in [6, 6.07) is 14.8. The lowest BCUT2D eigenvalue weighted by Gasteiger charge is -2.35. The first-order valence-electron chi connectivity index (χ1n) is 8.79. The molecule has 1 saturated carbocycles. The third-order valence-electron chi connectivity index (χ3n) is 5.47. The lowest BCUT2D eigenvalue weighted by Crippen LogP contribution is -2.42. The zero-order valence-electron chi connectivity index (χ0n) is 14.4. The molecule has 2 heteroatoms. The molecule has 0 bridgehead atoms. The lowest BCUT2D eigenvalue weighted by molar-refractivity contribution is 0.114. The Kier molecular flexibility index (Phi) is 5.67. The number of hydrogen-bond donors (Lipinski definition) is 0. The highest BCUT2D eigenvalue weighted by molar-refractivity contribution is 6.73. The molecule has 0 aliphatic heterocycles. The molecule has 21 heavy (non-hydrogen) atoms. The van der Waals surface area contributed by atoms with Gasteiger partial charge in [-0.2, -0.15) is 0 Å². The van der Waals surface area contributed by atoms with Crippen molar-refractivity contribution in [2.45, 2.75) is 71.2 Å². The maximum atomic E-state index is 6.86. The molecule has 0 aromatic heterocycles. The third kappa shape index (κ3) is 3.78. The van der Waals surface area contributed by atoms with Gasteiger partial charge in [0.15, 0.2) is 8.32 Å². The van der Waals surface area contributed by atoms with Crippen LogP contribution in [0, 0.1) is 11.8 Å². The van der Waals surface area contributed by atoms with Crippen molar-refractivity contribution in [2.24, 2.45) is 11.8 Å². The first-order valence-corrected chi connectivity index (χ1v) is 11.3. The maximum Gasteiger partial charge on any atom is 0.192 e. The number of hydrogen-bond acceptors (Lipinski definition) is 1. The summed E-state index contributed by atoms with van der Waals surface area (Å²) < 4.78 is 6.86. The van der Waals surface area contributed by atoms with Crippen LogP contribution in [0.4, 0.5) is 0 Å². The standard InChI is InChI=1S/C19H32OSi/c1-6-21(7-2,8-3)20-19(15(4)5)18-14-17(18)16-12-10-9-11-13-16/h9-13,15,17-19H,6-8,14H2,1-5H3/t17-,18+,19+/m1/s1. The first kappa shape index (κ1) is 16.8. The normalized spacial score (nSPS) is 23.3. The van der Waals surface area contributed by atoms with E-state index in [2.05, 4.69) is 65.0 Å². The van der Waals surface area contributed by atoms with Crippen LogP contribution in [0.3, 0.4) is 0 Å². The quantitative estimate of drug-likeness (QED) is 0.548. The second-order valence-corrected chi connectivity index (χ2v) is 11.7. The van der Waals surface area contributed by atoms with Crippen LogP contribution in [-0.4, -0.2) is 14.4 Å². The largest absolute Gasteiger partial charge is 0.413 e. The zero-order valence-corrected chi connectivity index (χ0v) is 15.4. The molecule has 1 aliphatic rings. The van der Waals surface area contributed by atoms with Crippen LogP contribution in [0.1, 0.15) is 52.5 Å². The Morgan fingerprint density at radius 2 is 1.62 bits per heavy atom. The minimum absolute atomic E-state index is 0.460. The average Bonchev–Trinajstić information content (AvgIpc) is 3.30. The van der Waals surface area contributed by atoms with Crippen molar-refractivity contribution in [2.75, 3.05) is 0 Å². The molecule has 0 N–H and O–H groups in total. The van der Waals surface area contributed by atoms with E-state index in [-0.39, 0.29) is 0 Å². The summed E-state index contributed by atoms with van der Waals surface area (Å²) in [7, 11) is -1.50. The Balaban J connectivity index is 2.08. The molecule has 0 spiro atoms. The second-order valence-electron chi connectivity index (χ2n) is 6.99. The minimum atomic E-state index is -1.50. The van der Waals surface area contributed by atoms with Crippen LogP contribution in [0.25, 0.3) is 0 Å². The van der Waals surface area contributed by atoms with E-state index >= 15 is 0 Å². The predicted molar refractivity (Wildman–Crippen MR) is 94.2 cm³/mol. The highest BCUT2D eigenvalue weighted by Crippen LogP contribution is 2.52. The molecule has 0 saturated heterocycles. The van der Waals surface area contributed by atoms with Crippen LogP contribution in [-0.2, 0) is 4.43 Å². The van der Waals surface area contributed by atoms with Crippen molar-refractivity contribution < 1.29 is 4.43 Å². The molecule has 1 aliphatic carbocycles. The van der Waals surface area contributed by atoms with Gasteiger partial charge in [-0.05, 0) is 47.9 Å². The van der Waals surface area contributed by atoms with Gasteiger partial charge < -0.3 is 4.43 Å². The minimum Gasteiger partial charge on any atom is -0.413 e. The Morgan fingerprint density at radius 3 is 2.10 bits per heavy atom. The van der Waals surface area contributed by atoms with Crippen molar-refractivity contribution >= 4 is 8.32 Å². The Labute approximate surface area is 132 Å². The van der Waals surface area contributed by atoms with E-state index in [1.54, 1.807) is 0 Å². The Hall–Kier alpha value is -0.603. The fourth-order valence-electron chi connectivity index (χ4n) is 3.67. The Morgan fingerprint density at radius 1 is 1.05 bits per heavy atom. The molecule has 1 aromatic rings. The van der Waals surface area contributed by atoms with Crippen LogP contribution >= 0.6 is 0 Å². The van der Waals surface area contributed by atoms with E-state index in [1.165, 1.54) is 30.1 Å². The molecule has 0 radical (unpaired) electrons. The van der Waals surface area contributed by atoms with Crippen molar-refractivity contribution in [3.8, 4) is 0 Å². The molecule has 0 unspecified atom stereocenters. The van der Waals surface area contributed by atoms with Crippen molar-refractivity contribution in [1.29, 1.82) is 0 Å². The fraction of sp³-hybridized carbons (Fsp3) is 0.684. The molecular weight excluding hydrogens is 272 g/mol. The molecule has 1 aromatic carbocycles. The van der Waals surface area contributed by atoms with Crippen LogP contribution in [0.15, 0.2) is 30.3 Å². The average molecular weight is 305 g/mol. The van der Waals surface area contributed by atoms with Gasteiger partial charge in [-0.15, -0.1) is 0 Å². The summed E-state index contributed by atoms with van der Waals surface area (Å²) >= 11 is 0. The number of benzene rings is 1. The summed E-state index contributed by atoms with van der Waals surface area (Å²) in [6.07, 6.45) is 1.77. The molecule has 0 amide bonds. The highest BCUT2D eigenvalue weighted by atomic mass is 28.4. The maximum absolute atomic E-state index is 6.86. The van der Waals surface area contributed by atoms with Gasteiger partial charge >= 0.3 is 0 Å². The van der Waals surface area contributed by atoms with Gasteiger partial charge in [0, 0.05) is 0 Å². The van der Waals surface area contributed by atoms with Gasteiger partial charge in [0.25, 0.3) is 0 Å². The monoisotopic (exact) mass is 304 g/mol. The van der Waals surface area contributed by atoms with Crippen LogP contribution in [0.2, 0.25) is 18.1 Å². The third-order valence-corrected chi connectivity index (χ3v) is 10.1. The Bertz CT molecular complexity index is 416. The summed E-state index contributed by atoms with van der Waals surface area (Å²) in [5.74, 6) is 2.10. The fourth-order valence-corrected chi connectivity index (χ4v) is 6.69. The van der Waals surface area contributed by atoms with Gasteiger partial charge in [0.1, 0.15) is 0 Å². The van der Waals surface area contributed by atoms with E-state index in [1.807, 2.05) is 0 Å². The summed E-state index contributed by atoms with van der Waals surface area (Å²) in [6.45, 7) is 11.7. The summed E-state index contributed by atoms with van der Waals surface area (Å²) in [5, 5.41) is 0. The smallest absolute Gasteiger partial charge is 0.192 e. The molecule has 2 rings (SSSR count). The molecule has 3 atom stereocenters. The van der Waals surface area contributed by atoms with Gasteiger partial charge in [-0.1, -0.05) is 65.0 Å². The zero-order chi connectivity index (χ0) is 15.5. The van der Waals surface area contributed by atoms with E-state index < -0.39 is 8.32 Å². The van der Waals surface area contributed by atoms with Gasteiger partial charge in [-0.3, -0.25) is 0 Å². The molecule has 1 fully saturated rings. The second kappa shape index (κ2) is 7.10. The van der Waals surface area contributed by atoms with Crippen molar-refractivity contribution in [3.63, 3.8) is 0 Å². The molecule has 118 valence electrons. The number of rotatable bonds is 8. The van der Waals surface area contributed by atoms with E-state index in [0.717, 1.165) is 11.8 Å². The molecule has 0 heterocycles. The van der Waals surface area contributed by atoms with Gasteiger partial charge in [-0.25, -0.2) is 0 Å². The predicted octanol–water partition coefficient (Wildman–Crippen LogP) is 5.84. The van der Waals surface area contributed by atoms with E-state index in [9.17, 15) is 0 Å². The summed E-state index contributed by atoms with van der Waals surface area (Å²) in [4.78, 5) is 0. The molecular formula is C19H32OSi. The van der Waals surface area contributed by atoms with E-state index in [0.29, 0.717) is 12.0 Å². The van der Waals surface area contributed by atoms with E-state index in [4.69, 9.17) is 4.43 Å². The van der Waals surface area contributed by atoms with Crippen LogP contribution in [0.5, 0.6) is 0 Å². The topological polar surface area (TPSA) is 9.23 Å². The summed E-state index contributed by atoms with van der Waals surface area (Å²) in [5.41, 5.74) is 1.51.